The molecule has 1 fully saturated rings. The van der Waals surface area contributed by atoms with E-state index in [1.54, 1.807) is 22.9 Å². The first-order valence-electron chi connectivity index (χ1n) is 7.95. The van der Waals surface area contributed by atoms with Crippen molar-refractivity contribution in [3.63, 3.8) is 0 Å². The van der Waals surface area contributed by atoms with Gasteiger partial charge in [-0.05, 0) is 45.6 Å². The zero-order chi connectivity index (χ0) is 15.7. The van der Waals surface area contributed by atoms with E-state index in [0.29, 0.717) is 23.7 Å². The average molecular weight is 301 g/mol. The van der Waals surface area contributed by atoms with Gasteiger partial charge in [-0.25, -0.2) is 4.98 Å². The van der Waals surface area contributed by atoms with Gasteiger partial charge in [0.05, 0.1) is 0 Å². The number of nitrogens with one attached hydrogen (secondary N) is 1. The summed E-state index contributed by atoms with van der Waals surface area (Å²) in [5.74, 6) is 0.591. The molecule has 118 valence electrons. The Balaban J connectivity index is 1.92. The van der Waals surface area contributed by atoms with Crippen molar-refractivity contribution in [1.29, 1.82) is 0 Å². The summed E-state index contributed by atoms with van der Waals surface area (Å²) in [7, 11) is 0. The van der Waals surface area contributed by atoms with E-state index in [2.05, 4.69) is 15.3 Å². The Morgan fingerprint density at radius 3 is 2.68 bits per heavy atom. The first-order valence-corrected chi connectivity index (χ1v) is 7.95. The summed E-state index contributed by atoms with van der Waals surface area (Å²) >= 11 is 0. The molecule has 1 aliphatic carbocycles. The van der Waals surface area contributed by atoms with Crippen molar-refractivity contribution in [2.75, 3.05) is 5.32 Å². The second-order valence-corrected chi connectivity index (χ2v) is 6.36. The highest BCUT2D eigenvalue weighted by molar-refractivity contribution is 5.75. The van der Waals surface area contributed by atoms with Crippen LogP contribution < -0.4 is 16.6 Å². The Morgan fingerprint density at radius 2 is 2.00 bits per heavy atom. The lowest BCUT2D eigenvalue weighted by atomic mass is 9.92. The van der Waals surface area contributed by atoms with Crippen molar-refractivity contribution in [2.24, 2.45) is 5.73 Å². The molecule has 0 aliphatic heterocycles. The smallest absolute Gasteiger partial charge is 0.252 e. The number of pyridine rings is 1. The minimum Gasteiger partial charge on any atom is -0.351 e. The Bertz CT molecular complexity index is 716. The number of fused-ring (bicyclic) bond motifs is 1. The molecular formula is C16H23N5O. The van der Waals surface area contributed by atoms with E-state index in [-0.39, 0.29) is 11.6 Å². The molecule has 0 aromatic carbocycles. The molecular weight excluding hydrogens is 278 g/mol. The van der Waals surface area contributed by atoms with Gasteiger partial charge in [-0.1, -0.05) is 0 Å². The number of anilines is 1. The standard InChI is InChI=1S/C16H23N5O/c1-10(2)21-14(22)8-3-11-9-18-16(20-15(11)21)19-13-6-4-12(17)5-7-13/h3,8-10,12-13H,4-7,17H2,1-2H3,(H,18,19,20)/t12-,13-. The number of nitrogens with two attached hydrogens (primary N) is 1. The van der Waals surface area contributed by atoms with E-state index in [1.165, 1.54) is 0 Å². The number of hydrogen-bond acceptors (Lipinski definition) is 5. The Kier molecular flexibility index (Phi) is 4.11. The quantitative estimate of drug-likeness (QED) is 0.906. The molecule has 6 heteroatoms. The molecule has 0 saturated heterocycles. The molecule has 0 spiro atoms. The highest BCUT2D eigenvalue weighted by Crippen LogP contribution is 2.21. The van der Waals surface area contributed by atoms with Gasteiger partial charge in [0.2, 0.25) is 5.95 Å². The normalized spacial score (nSPS) is 22.2. The van der Waals surface area contributed by atoms with Gasteiger partial charge in [0.25, 0.3) is 5.56 Å². The van der Waals surface area contributed by atoms with Crippen molar-refractivity contribution in [3.8, 4) is 0 Å². The molecule has 2 heterocycles. The van der Waals surface area contributed by atoms with Crippen molar-refractivity contribution < 1.29 is 0 Å². The van der Waals surface area contributed by atoms with Crippen molar-refractivity contribution in [1.82, 2.24) is 14.5 Å². The van der Waals surface area contributed by atoms with Gasteiger partial charge in [0.1, 0.15) is 5.65 Å². The van der Waals surface area contributed by atoms with E-state index < -0.39 is 0 Å². The number of hydrogen-bond donors (Lipinski definition) is 2. The molecule has 1 saturated carbocycles. The van der Waals surface area contributed by atoms with E-state index in [4.69, 9.17) is 5.73 Å². The highest BCUT2D eigenvalue weighted by Gasteiger charge is 2.19. The largest absolute Gasteiger partial charge is 0.351 e. The van der Waals surface area contributed by atoms with E-state index in [9.17, 15) is 4.79 Å². The monoisotopic (exact) mass is 301 g/mol. The predicted molar refractivity (Wildman–Crippen MR) is 88.0 cm³/mol. The molecule has 2 aromatic rings. The molecule has 0 atom stereocenters. The molecule has 0 amide bonds. The van der Waals surface area contributed by atoms with Gasteiger partial charge in [-0.3, -0.25) is 9.36 Å². The first kappa shape index (κ1) is 15.0. The maximum atomic E-state index is 12.1. The Labute approximate surface area is 129 Å². The molecule has 3 N–H and O–H groups in total. The van der Waals surface area contributed by atoms with Crippen LogP contribution in [0.3, 0.4) is 0 Å². The van der Waals surface area contributed by atoms with Crippen LogP contribution in [0.25, 0.3) is 11.0 Å². The van der Waals surface area contributed by atoms with E-state index >= 15 is 0 Å². The van der Waals surface area contributed by atoms with Crippen LogP contribution in [0.4, 0.5) is 5.95 Å². The minimum absolute atomic E-state index is 0.0317. The van der Waals surface area contributed by atoms with Gasteiger partial charge < -0.3 is 11.1 Å². The fourth-order valence-electron chi connectivity index (χ4n) is 3.05. The number of rotatable bonds is 3. The molecule has 0 unspecified atom stereocenters. The molecule has 3 rings (SSSR count). The van der Waals surface area contributed by atoms with Crippen LogP contribution in [0, 0.1) is 0 Å². The maximum Gasteiger partial charge on any atom is 0.252 e. The summed E-state index contributed by atoms with van der Waals surface area (Å²) in [5, 5.41) is 4.27. The second kappa shape index (κ2) is 6.04. The lowest BCUT2D eigenvalue weighted by Crippen LogP contribution is -2.33. The van der Waals surface area contributed by atoms with E-state index in [1.807, 2.05) is 13.8 Å². The summed E-state index contributed by atoms with van der Waals surface area (Å²) in [6.07, 6.45) is 5.91. The number of nitrogens with zero attached hydrogens (tertiary/aromatic N) is 3. The highest BCUT2D eigenvalue weighted by atomic mass is 16.1. The second-order valence-electron chi connectivity index (χ2n) is 6.36. The van der Waals surface area contributed by atoms with Crippen LogP contribution in [0.5, 0.6) is 0 Å². The predicted octanol–water partition coefficient (Wildman–Crippen LogP) is 2.05. The summed E-state index contributed by atoms with van der Waals surface area (Å²) in [6, 6.07) is 4.09. The van der Waals surface area contributed by atoms with Crippen LogP contribution in [-0.4, -0.2) is 26.6 Å². The van der Waals surface area contributed by atoms with Crippen LogP contribution in [0.1, 0.15) is 45.6 Å². The van der Waals surface area contributed by atoms with Gasteiger partial charge in [-0.2, -0.15) is 4.98 Å². The molecule has 0 bridgehead atoms. The summed E-state index contributed by atoms with van der Waals surface area (Å²) < 4.78 is 1.71. The van der Waals surface area contributed by atoms with Crippen LogP contribution in [-0.2, 0) is 0 Å². The SMILES string of the molecule is CC(C)n1c(=O)ccc2cnc(N[C@H]3CC[C@H](N)CC3)nc21. The summed E-state index contributed by atoms with van der Waals surface area (Å²) in [4.78, 5) is 21.0. The minimum atomic E-state index is -0.0317. The fraction of sp³-hybridized carbons (Fsp3) is 0.562. The zero-order valence-electron chi connectivity index (χ0n) is 13.1. The lowest BCUT2D eigenvalue weighted by Gasteiger charge is -2.26. The first-order chi connectivity index (χ1) is 10.5. The van der Waals surface area contributed by atoms with Crippen LogP contribution in [0.15, 0.2) is 23.1 Å². The third kappa shape index (κ3) is 2.97. The van der Waals surface area contributed by atoms with Crippen molar-refractivity contribution in [2.45, 2.75) is 57.7 Å². The number of aromatic nitrogens is 3. The van der Waals surface area contributed by atoms with Crippen molar-refractivity contribution >= 4 is 17.0 Å². The van der Waals surface area contributed by atoms with E-state index in [0.717, 1.165) is 31.1 Å². The average Bonchev–Trinajstić information content (AvgIpc) is 2.49. The van der Waals surface area contributed by atoms with Gasteiger partial charge in [0, 0.05) is 35.8 Å². The zero-order valence-corrected chi connectivity index (χ0v) is 13.1. The molecule has 1 aliphatic rings. The van der Waals surface area contributed by atoms with Crippen LogP contribution in [0.2, 0.25) is 0 Å². The third-order valence-corrected chi connectivity index (χ3v) is 4.29. The topological polar surface area (TPSA) is 85.8 Å². The van der Waals surface area contributed by atoms with Crippen LogP contribution >= 0.6 is 0 Å². The van der Waals surface area contributed by atoms with Gasteiger partial charge in [-0.15, -0.1) is 0 Å². The molecule has 2 aromatic heterocycles. The molecule has 0 radical (unpaired) electrons. The fourth-order valence-corrected chi connectivity index (χ4v) is 3.05. The van der Waals surface area contributed by atoms with Gasteiger partial charge >= 0.3 is 0 Å². The molecule has 22 heavy (non-hydrogen) atoms. The third-order valence-electron chi connectivity index (χ3n) is 4.29. The van der Waals surface area contributed by atoms with Gasteiger partial charge in [0.15, 0.2) is 0 Å². The Hall–Kier alpha value is -1.95. The summed E-state index contributed by atoms with van der Waals surface area (Å²) in [6.45, 7) is 3.97. The van der Waals surface area contributed by atoms with Crippen molar-refractivity contribution in [3.05, 3.63) is 28.7 Å². The maximum absolute atomic E-state index is 12.1. The summed E-state index contributed by atoms with van der Waals surface area (Å²) in [5.41, 5.74) is 6.59. The lowest BCUT2D eigenvalue weighted by molar-refractivity contribution is 0.410. The Morgan fingerprint density at radius 1 is 1.27 bits per heavy atom. The molecule has 6 nitrogen and oxygen atoms in total.